The zero-order valence-corrected chi connectivity index (χ0v) is 11.9. The van der Waals surface area contributed by atoms with E-state index in [1.165, 1.54) is 42.6 Å². The molecule has 0 aliphatic rings. The fourth-order valence-electron chi connectivity index (χ4n) is 1.52. The predicted molar refractivity (Wildman–Crippen MR) is 75.6 cm³/mol. The fourth-order valence-corrected chi connectivity index (χ4v) is 2.32. The molecule has 0 bridgehead atoms. The van der Waals surface area contributed by atoms with Crippen LogP contribution in [0.4, 0.5) is 18.9 Å². The lowest BCUT2D eigenvalue weighted by Gasteiger charge is -2.12. The largest absolute Gasteiger partial charge is 0.446 e. The third-order valence-electron chi connectivity index (χ3n) is 2.35. The van der Waals surface area contributed by atoms with E-state index in [-0.39, 0.29) is 33.1 Å². The Morgan fingerprint density at radius 3 is 2.62 bits per heavy atom. The summed E-state index contributed by atoms with van der Waals surface area (Å²) in [4.78, 5) is 15.6. The number of amides is 1. The normalized spacial score (nSPS) is 11.2. The van der Waals surface area contributed by atoms with Crippen LogP contribution in [-0.2, 0) is 0 Å². The van der Waals surface area contributed by atoms with E-state index in [1.807, 2.05) is 0 Å². The summed E-state index contributed by atoms with van der Waals surface area (Å²) in [7, 11) is 0. The van der Waals surface area contributed by atoms with Crippen molar-refractivity contribution in [1.29, 1.82) is 0 Å². The highest BCUT2D eigenvalue weighted by Gasteiger charge is 2.30. The second-order valence-electron chi connectivity index (χ2n) is 3.87. The molecule has 0 aliphatic heterocycles. The van der Waals surface area contributed by atoms with Gasteiger partial charge in [0.05, 0.1) is 5.69 Å². The molecule has 0 aliphatic carbocycles. The van der Waals surface area contributed by atoms with Gasteiger partial charge in [0.2, 0.25) is 0 Å². The second-order valence-corrected chi connectivity index (χ2v) is 5.36. The Morgan fingerprint density at radius 1 is 1.24 bits per heavy atom. The average Bonchev–Trinajstić information content (AvgIpc) is 2.39. The highest BCUT2D eigenvalue weighted by atomic mass is 35.5. The van der Waals surface area contributed by atoms with Crippen LogP contribution in [0.5, 0.6) is 0 Å². The number of halogens is 4. The number of aromatic nitrogens is 1. The quantitative estimate of drug-likeness (QED) is 0.660. The van der Waals surface area contributed by atoms with Gasteiger partial charge in [0.15, 0.2) is 0 Å². The lowest BCUT2D eigenvalue weighted by atomic mass is 10.2. The van der Waals surface area contributed by atoms with E-state index in [0.717, 1.165) is 0 Å². The van der Waals surface area contributed by atoms with Crippen molar-refractivity contribution in [3.63, 3.8) is 0 Å². The maximum atomic E-state index is 12.5. The Morgan fingerprint density at radius 2 is 1.95 bits per heavy atom. The molecule has 8 heteroatoms. The summed E-state index contributed by atoms with van der Waals surface area (Å²) in [5.41, 5.74) is -4.14. The van der Waals surface area contributed by atoms with E-state index < -0.39 is 11.4 Å². The van der Waals surface area contributed by atoms with Crippen LogP contribution < -0.4 is 5.32 Å². The third-order valence-corrected chi connectivity index (χ3v) is 3.36. The van der Waals surface area contributed by atoms with Gasteiger partial charge in [-0.3, -0.25) is 4.79 Å². The lowest BCUT2D eigenvalue weighted by molar-refractivity contribution is -0.0328. The van der Waals surface area contributed by atoms with Gasteiger partial charge in [0.25, 0.3) is 5.91 Å². The van der Waals surface area contributed by atoms with Crippen LogP contribution in [0.1, 0.15) is 10.4 Å². The van der Waals surface area contributed by atoms with Crippen LogP contribution >= 0.6 is 23.4 Å². The van der Waals surface area contributed by atoms with Crippen LogP contribution in [0.25, 0.3) is 0 Å². The summed E-state index contributed by atoms with van der Waals surface area (Å²) in [5.74, 6) is -0.561. The van der Waals surface area contributed by atoms with Crippen molar-refractivity contribution in [2.45, 2.75) is 10.4 Å². The smallest absolute Gasteiger partial charge is 0.321 e. The molecule has 2 rings (SSSR count). The van der Waals surface area contributed by atoms with Crippen molar-refractivity contribution in [3.8, 4) is 0 Å². The first kappa shape index (κ1) is 15.7. The van der Waals surface area contributed by atoms with Crippen molar-refractivity contribution in [2.24, 2.45) is 0 Å². The Hall–Kier alpha value is -1.73. The van der Waals surface area contributed by atoms with Gasteiger partial charge in [-0.25, -0.2) is 4.98 Å². The second kappa shape index (κ2) is 6.36. The number of benzene rings is 1. The summed E-state index contributed by atoms with van der Waals surface area (Å²) in [6, 6.07) is 8.43. The minimum Gasteiger partial charge on any atom is -0.321 e. The molecule has 1 N–H and O–H groups in total. The molecule has 0 spiro atoms. The lowest BCUT2D eigenvalue weighted by Crippen LogP contribution is -2.13. The first-order valence-electron chi connectivity index (χ1n) is 5.63. The molecule has 0 unspecified atom stereocenters. The van der Waals surface area contributed by atoms with Gasteiger partial charge in [0.1, 0.15) is 5.15 Å². The standard InChI is InChI=1S/C13H8ClF3N2OS/c14-11-7-8(5-6-18-11)12(20)19-9-3-1-2-4-10(9)21-13(15,16)17/h1-7H,(H,19,20). The number of alkyl halides is 3. The van der Waals surface area contributed by atoms with E-state index in [1.54, 1.807) is 0 Å². The van der Waals surface area contributed by atoms with Crippen molar-refractivity contribution in [2.75, 3.05) is 5.32 Å². The summed E-state index contributed by atoms with van der Waals surface area (Å²) < 4.78 is 37.4. The Bertz CT molecular complexity index is 664. The number of pyridine rings is 1. The monoisotopic (exact) mass is 332 g/mol. The molecule has 0 atom stereocenters. The number of nitrogens with one attached hydrogen (secondary N) is 1. The third kappa shape index (κ3) is 4.64. The van der Waals surface area contributed by atoms with Gasteiger partial charge < -0.3 is 5.32 Å². The number of hydrogen-bond acceptors (Lipinski definition) is 3. The summed E-state index contributed by atoms with van der Waals surface area (Å²) >= 11 is 5.38. The molecule has 0 saturated heterocycles. The van der Waals surface area contributed by atoms with Gasteiger partial charge in [-0.1, -0.05) is 23.7 Å². The molecular weight excluding hydrogens is 325 g/mol. The van der Waals surface area contributed by atoms with Gasteiger partial charge >= 0.3 is 5.51 Å². The van der Waals surface area contributed by atoms with Crippen LogP contribution in [-0.4, -0.2) is 16.4 Å². The van der Waals surface area contributed by atoms with E-state index in [4.69, 9.17) is 11.6 Å². The van der Waals surface area contributed by atoms with Crippen molar-refractivity contribution in [1.82, 2.24) is 4.98 Å². The zero-order valence-electron chi connectivity index (χ0n) is 10.3. The zero-order chi connectivity index (χ0) is 15.5. The molecule has 110 valence electrons. The maximum Gasteiger partial charge on any atom is 0.446 e. The molecular formula is C13H8ClF3N2OS. The number of carbonyl (C=O) groups is 1. The fraction of sp³-hybridized carbons (Fsp3) is 0.0769. The number of anilines is 1. The Labute approximate surface area is 127 Å². The summed E-state index contributed by atoms with van der Waals surface area (Å²) in [5, 5.41) is 2.56. The molecule has 2 aromatic rings. The van der Waals surface area contributed by atoms with Crippen LogP contribution in [0.15, 0.2) is 47.5 Å². The topological polar surface area (TPSA) is 42.0 Å². The molecule has 1 aromatic heterocycles. The van der Waals surface area contributed by atoms with E-state index in [0.29, 0.717) is 0 Å². The number of thioether (sulfide) groups is 1. The van der Waals surface area contributed by atoms with Crippen molar-refractivity contribution < 1.29 is 18.0 Å². The number of hydrogen-bond donors (Lipinski definition) is 1. The molecule has 0 radical (unpaired) electrons. The maximum absolute atomic E-state index is 12.5. The molecule has 3 nitrogen and oxygen atoms in total. The number of rotatable bonds is 3. The van der Waals surface area contributed by atoms with Crippen molar-refractivity contribution >= 4 is 35.0 Å². The number of carbonyl (C=O) groups excluding carboxylic acids is 1. The molecule has 1 amide bonds. The Balaban J connectivity index is 2.22. The molecule has 21 heavy (non-hydrogen) atoms. The van der Waals surface area contributed by atoms with E-state index in [2.05, 4.69) is 10.3 Å². The first-order valence-corrected chi connectivity index (χ1v) is 6.82. The molecule has 0 fully saturated rings. The number of para-hydroxylation sites is 1. The van der Waals surface area contributed by atoms with Gasteiger partial charge in [-0.2, -0.15) is 13.2 Å². The Kier molecular flexibility index (Phi) is 4.74. The average molecular weight is 333 g/mol. The summed E-state index contributed by atoms with van der Waals surface area (Å²) in [6.07, 6.45) is 1.34. The molecule has 1 aromatic carbocycles. The summed E-state index contributed by atoms with van der Waals surface area (Å²) in [6.45, 7) is 0. The SMILES string of the molecule is O=C(Nc1ccccc1SC(F)(F)F)c1ccnc(Cl)c1. The van der Waals surface area contributed by atoms with Gasteiger partial charge in [0, 0.05) is 16.7 Å². The minimum atomic E-state index is -4.43. The van der Waals surface area contributed by atoms with Crippen molar-refractivity contribution in [3.05, 3.63) is 53.3 Å². The van der Waals surface area contributed by atoms with Gasteiger partial charge in [-0.15, -0.1) is 0 Å². The highest BCUT2D eigenvalue weighted by molar-refractivity contribution is 8.00. The van der Waals surface area contributed by atoms with Crippen LogP contribution in [0.2, 0.25) is 5.15 Å². The van der Waals surface area contributed by atoms with Gasteiger partial charge in [-0.05, 0) is 36.0 Å². The van der Waals surface area contributed by atoms with E-state index in [9.17, 15) is 18.0 Å². The number of nitrogens with zero attached hydrogens (tertiary/aromatic N) is 1. The predicted octanol–water partition coefficient (Wildman–Crippen LogP) is 4.60. The van der Waals surface area contributed by atoms with Crippen LogP contribution in [0.3, 0.4) is 0 Å². The molecule has 0 saturated carbocycles. The van der Waals surface area contributed by atoms with E-state index >= 15 is 0 Å². The highest BCUT2D eigenvalue weighted by Crippen LogP contribution is 2.40. The minimum absolute atomic E-state index is 0.0813. The van der Waals surface area contributed by atoms with Crippen LogP contribution in [0, 0.1) is 0 Å². The first-order chi connectivity index (χ1) is 9.85. The molecule has 1 heterocycles.